The van der Waals surface area contributed by atoms with Gasteiger partial charge in [0.1, 0.15) is 5.71 Å². The number of carbonyl (C=O) groups is 1. The van der Waals surface area contributed by atoms with Crippen LogP contribution < -0.4 is 5.01 Å². The molecule has 0 aliphatic carbocycles. The molecule has 4 nitrogen and oxygen atoms in total. The van der Waals surface area contributed by atoms with Crippen LogP contribution in [0.15, 0.2) is 65.8 Å². The molecule has 1 heterocycles. The molecule has 1 aliphatic rings. The summed E-state index contributed by atoms with van der Waals surface area (Å²) in [7, 11) is 0. The van der Waals surface area contributed by atoms with Crippen LogP contribution in [0.1, 0.15) is 24.9 Å². The number of carbonyl (C=O) groups excluding carboxylic acids is 1. The second-order valence-electron chi connectivity index (χ2n) is 5.57. The van der Waals surface area contributed by atoms with E-state index < -0.39 is 12.1 Å². The van der Waals surface area contributed by atoms with E-state index in [-0.39, 0.29) is 6.04 Å². The van der Waals surface area contributed by atoms with Gasteiger partial charge in [0.05, 0.1) is 11.7 Å². The molecule has 0 radical (unpaired) electrons. The molecule has 2 unspecified atom stereocenters. The van der Waals surface area contributed by atoms with Crippen molar-refractivity contribution in [2.45, 2.75) is 25.5 Å². The van der Waals surface area contributed by atoms with Crippen LogP contribution in [-0.2, 0) is 9.53 Å². The maximum atomic E-state index is 12.3. The van der Waals surface area contributed by atoms with Crippen LogP contribution in [0.5, 0.6) is 0 Å². The number of hydrogen-bond acceptors (Lipinski definition) is 4. The largest absolute Gasteiger partial charge is 0.445 e. The fourth-order valence-electron chi connectivity index (χ4n) is 2.65. The Hall–Kier alpha value is -3.06. The molecule has 0 spiro atoms. The zero-order valence-electron chi connectivity index (χ0n) is 13.4. The SMILES string of the molecule is C#CC(C)OC(=O)C1=NN(c2ccccc2)C(c2ccccc2)C1. The molecule has 2 aromatic carbocycles. The third kappa shape index (κ3) is 3.31. The van der Waals surface area contributed by atoms with Crippen LogP contribution in [0.25, 0.3) is 0 Å². The molecule has 3 rings (SSSR count). The minimum atomic E-state index is -0.568. The number of hydrogen-bond donors (Lipinski definition) is 0. The van der Waals surface area contributed by atoms with Gasteiger partial charge < -0.3 is 4.74 Å². The third-order valence-corrected chi connectivity index (χ3v) is 3.87. The fourth-order valence-corrected chi connectivity index (χ4v) is 2.65. The average Bonchev–Trinajstić information content (AvgIpc) is 3.08. The van der Waals surface area contributed by atoms with Gasteiger partial charge in [-0.2, -0.15) is 5.10 Å². The van der Waals surface area contributed by atoms with Crippen molar-refractivity contribution >= 4 is 17.4 Å². The highest BCUT2D eigenvalue weighted by Gasteiger charge is 2.33. The van der Waals surface area contributed by atoms with Crippen LogP contribution in [0.4, 0.5) is 5.69 Å². The Morgan fingerprint density at radius 3 is 2.46 bits per heavy atom. The lowest BCUT2D eigenvalue weighted by atomic mass is 10.0. The highest BCUT2D eigenvalue weighted by atomic mass is 16.5. The zero-order chi connectivity index (χ0) is 16.9. The van der Waals surface area contributed by atoms with Gasteiger partial charge >= 0.3 is 5.97 Å². The normalized spacial score (nSPS) is 17.8. The van der Waals surface area contributed by atoms with Gasteiger partial charge in [0.25, 0.3) is 0 Å². The molecule has 0 saturated heterocycles. The summed E-state index contributed by atoms with van der Waals surface area (Å²) in [6.45, 7) is 1.66. The Morgan fingerprint density at radius 2 is 1.83 bits per heavy atom. The minimum Gasteiger partial charge on any atom is -0.445 e. The molecule has 0 N–H and O–H groups in total. The molecule has 1 aliphatic heterocycles. The second kappa shape index (κ2) is 7.01. The number of esters is 1. The lowest BCUT2D eigenvalue weighted by Gasteiger charge is -2.23. The van der Waals surface area contributed by atoms with Crippen molar-refractivity contribution in [1.29, 1.82) is 0 Å². The Labute approximate surface area is 141 Å². The monoisotopic (exact) mass is 318 g/mol. The Balaban J connectivity index is 1.91. The summed E-state index contributed by atoms with van der Waals surface area (Å²) in [6.07, 6.45) is 5.19. The predicted octanol–water partition coefficient (Wildman–Crippen LogP) is 3.56. The van der Waals surface area contributed by atoms with Gasteiger partial charge in [-0.3, -0.25) is 5.01 Å². The molecule has 0 fully saturated rings. The third-order valence-electron chi connectivity index (χ3n) is 3.87. The number of rotatable bonds is 4. The molecule has 2 aromatic rings. The first-order chi connectivity index (χ1) is 11.7. The lowest BCUT2D eigenvalue weighted by Crippen LogP contribution is -2.21. The van der Waals surface area contributed by atoms with E-state index in [1.165, 1.54) is 0 Å². The molecule has 4 heteroatoms. The van der Waals surface area contributed by atoms with Gasteiger partial charge in [0, 0.05) is 6.42 Å². The number of anilines is 1. The van der Waals surface area contributed by atoms with E-state index in [1.54, 1.807) is 6.92 Å². The number of nitrogens with zero attached hydrogens (tertiary/aromatic N) is 2. The Bertz CT molecular complexity index is 778. The average molecular weight is 318 g/mol. The van der Waals surface area contributed by atoms with Crippen molar-refractivity contribution in [2.24, 2.45) is 5.10 Å². The topological polar surface area (TPSA) is 41.9 Å². The Morgan fingerprint density at radius 1 is 1.21 bits per heavy atom. The van der Waals surface area contributed by atoms with E-state index in [1.807, 2.05) is 65.7 Å². The van der Waals surface area contributed by atoms with Crippen LogP contribution in [0.2, 0.25) is 0 Å². The molecule has 2 atom stereocenters. The molecular formula is C20H18N2O2. The van der Waals surface area contributed by atoms with Gasteiger partial charge in [-0.15, -0.1) is 6.42 Å². The summed E-state index contributed by atoms with van der Waals surface area (Å²) >= 11 is 0. The van der Waals surface area contributed by atoms with Crippen molar-refractivity contribution in [3.63, 3.8) is 0 Å². The zero-order valence-corrected chi connectivity index (χ0v) is 13.4. The predicted molar refractivity (Wildman–Crippen MR) is 94.5 cm³/mol. The quantitative estimate of drug-likeness (QED) is 0.639. The van der Waals surface area contributed by atoms with Crippen molar-refractivity contribution in [3.05, 3.63) is 66.2 Å². The van der Waals surface area contributed by atoms with E-state index in [9.17, 15) is 4.79 Å². The van der Waals surface area contributed by atoms with Crippen LogP contribution in [0.3, 0.4) is 0 Å². The van der Waals surface area contributed by atoms with E-state index in [4.69, 9.17) is 11.2 Å². The summed E-state index contributed by atoms with van der Waals surface area (Å²) in [6, 6.07) is 19.7. The number of terminal acetylenes is 1. The smallest absolute Gasteiger partial charge is 0.355 e. The van der Waals surface area contributed by atoms with Gasteiger partial charge in [0.2, 0.25) is 0 Å². The maximum Gasteiger partial charge on any atom is 0.355 e. The summed E-state index contributed by atoms with van der Waals surface area (Å²) in [4.78, 5) is 12.3. The van der Waals surface area contributed by atoms with Crippen LogP contribution in [0, 0.1) is 12.3 Å². The lowest BCUT2D eigenvalue weighted by molar-refractivity contribution is -0.137. The molecule has 0 amide bonds. The first kappa shape index (κ1) is 15.8. The van der Waals surface area contributed by atoms with Crippen molar-refractivity contribution in [2.75, 3.05) is 5.01 Å². The Kier molecular flexibility index (Phi) is 4.62. The fraction of sp³-hybridized carbons (Fsp3) is 0.200. The van der Waals surface area contributed by atoms with Crippen molar-refractivity contribution in [3.8, 4) is 12.3 Å². The molecule has 24 heavy (non-hydrogen) atoms. The molecule has 0 aromatic heterocycles. The highest BCUT2D eigenvalue weighted by Crippen LogP contribution is 2.35. The number of para-hydroxylation sites is 1. The highest BCUT2D eigenvalue weighted by molar-refractivity contribution is 6.37. The minimum absolute atomic E-state index is 0.0442. The number of hydrazone groups is 1. The standard InChI is InChI=1S/C20H18N2O2/c1-3-15(2)24-20(23)18-14-19(16-10-6-4-7-11-16)22(21-18)17-12-8-5-9-13-17/h1,4-13,15,19H,14H2,2H3. The maximum absolute atomic E-state index is 12.3. The van der Waals surface area contributed by atoms with E-state index in [0.29, 0.717) is 12.1 Å². The van der Waals surface area contributed by atoms with Crippen molar-refractivity contribution < 1.29 is 9.53 Å². The number of benzene rings is 2. The van der Waals surface area contributed by atoms with E-state index in [2.05, 4.69) is 11.0 Å². The van der Waals surface area contributed by atoms with Gasteiger partial charge in [-0.25, -0.2) is 4.79 Å². The summed E-state index contributed by atoms with van der Waals surface area (Å²) in [5.74, 6) is 1.93. The van der Waals surface area contributed by atoms with Gasteiger partial charge in [0.15, 0.2) is 6.10 Å². The molecular weight excluding hydrogens is 300 g/mol. The first-order valence-corrected chi connectivity index (χ1v) is 7.83. The van der Waals surface area contributed by atoms with Crippen molar-refractivity contribution in [1.82, 2.24) is 0 Å². The molecule has 0 bridgehead atoms. The molecule has 0 saturated carbocycles. The van der Waals surface area contributed by atoms with Crippen LogP contribution in [-0.4, -0.2) is 17.8 Å². The first-order valence-electron chi connectivity index (χ1n) is 7.83. The summed E-state index contributed by atoms with van der Waals surface area (Å²) in [5.41, 5.74) is 2.41. The summed E-state index contributed by atoms with van der Waals surface area (Å²) in [5, 5.41) is 6.38. The molecule has 120 valence electrons. The second-order valence-corrected chi connectivity index (χ2v) is 5.57. The number of ether oxygens (including phenoxy) is 1. The van der Waals surface area contributed by atoms with E-state index in [0.717, 1.165) is 11.3 Å². The summed E-state index contributed by atoms with van der Waals surface area (Å²) < 4.78 is 5.22. The van der Waals surface area contributed by atoms with Crippen LogP contribution >= 0.6 is 0 Å². The van der Waals surface area contributed by atoms with Gasteiger partial charge in [-0.1, -0.05) is 54.5 Å². The van der Waals surface area contributed by atoms with E-state index >= 15 is 0 Å². The van der Waals surface area contributed by atoms with Gasteiger partial charge in [-0.05, 0) is 24.6 Å².